The second-order valence-electron chi connectivity index (χ2n) is 4.84. The summed E-state index contributed by atoms with van der Waals surface area (Å²) in [5.41, 5.74) is 3.37. The van der Waals surface area contributed by atoms with Gasteiger partial charge in [-0.05, 0) is 23.3 Å². The first kappa shape index (κ1) is 15.1. The molecule has 4 nitrogen and oxygen atoms in total. The summed E-state index contributed by atoms with van der Waals surface area (Å²) in [6, 6.07) is 15.1. The van der Waals surface area contributed by atoms with Crippen LogP contribution in [-0.4, -0.2) is 25.2 Å². The van der Waals surface area contributed by atoms with Crippen molar-refractivity contribution in [2.75, 3.05) is 19.1 Å². The molecule has 0 saturated carbocycles. The molecular weight excluding hydrogens is 266 g/mol. The Morgan fingerprint density at radius 3 is 2.33 bits per heavy atom. The SMILES string of the molecule is COC(=O)c1ccccc1N(C)Cc1ccc(CO)cc1. The van der Waals surface area contributed by atoms with Crippen LogP contribution in [0.3, 0.4) is 0 Å². The van der Waals surface area contributed by atoms with E-state index in [0.29, 0.717) is 12.1 Å². The van der Waals surface area contributed by atoms with Crippen LogP contribution in [0.2, 0.25) is 0 Å². The number of carbonyl (C=O) groups is 1. The van der Waals surface area contributed by atoms with Gasteiger partial charge in [0.05, 0.1) is 25.0 Å². The molecule has 0 amide bonds. The number of benzene rings is 2. The molecule has 0 radical (unpaired) electrons. The molecule has 0 aliphatic heterocycles. The van der Waals surface area contributed by atoms with Crippen molar-refractivity contribution in [2.24, 2.45) is 0 Å². The van der Waals surface area contributed by atoms with Gasteiger partial charge < -0.3 is 14.7 Å². The summed E-state index contributed by atoms with van der Waals surface area (Å²) in [4.78, 5) is 13.8. The maximum Gasteiger partial charge on any atom is 0.339 e. The predicted octanol–water partition coefficient (Wildman–Crippen LogP) is 2.60. The number of hydrogen-bond donors (Lipinski definition) is 1. The van der Waals surface area contributed by atoms with Gasteiger partial charge in [0.2, 0.25) is 0 Å². The lowest BCUT2D eigenvalue weighted by molar-refractivity contribution is 0.0601. The minimum absolute atomic E-state index is 0.0429. The monoisotopic (exact) mass is 285 g/mol. The van der Waals surface area contributed by atoms with Crippen LogP contribution in [0.15, 0.2) is 48.5 Å². The fourth-order valence-corrected chi connectivity index (χ4v) is 2.20. The molecule has 0 fully saturated rings. The van der Waals surface area contributed by atoms with E-state index in [2.05, 4.69) is 0 Å². The van der Waals surface area contributed by atoms with Gasteiger partial charge in [-0.3, -0.25) is 0 Å². The van der Waals surface area contributed by atoms with Gasteiger partial charge in [-0.2, -0.15) is 0 Å². The van der Waals surface area contributed by atoms with Crippen LogP contribution in [0.25, 0.3) is 0 Å². The zero-order valence-corrected chi connectivity index (χ0v) is 12.2. The molecule has 0 aliphatic carbocycles. The number of hydrogen-bond acceptors (Lipinski definition) is 4. The molecule has 0 spiro atoms. The molecule has 21 heavy (non-hydrogen) atoms. The molecule has 0 bridgehead atoms. The second-order valence-corrected chi connectivity index (χ2v) is 4.84. The van der Waals surface area contributed by atoms with Crippen molar-refractivity contribution in [3.05, 3.63) is 65.2 Å². The Morgan fingerprint density at radius 2 is 1.71 bits per heavy atom. The lowest BCUT2D eigenvalue weighted by Gasteiger charge is -2.21. The van der Waals surface area contributed by atoms with E-state index in [-0.39, 0.29) is 12.6 Å². The molecule has 0 heterocycles. The molecule has 0 saturated heterocycles. The Labute approximate surface area is 124 Å². The highest BCUT2D eigenvalue weighted by molar-refractivity contribution is 5.95. The minimum Gasteiger partial charge on any atom is -0.465 e. The third-order valence-electron chi connectivity index (χ3n) is 3.35. The molecule has 1 N–H and O–H groups in total. The summed E-state index contributed by atoms with van der Waals surface area (Å²) in [5.74, 6) is -0.340. The average molecular weight is 285 g/mol. The molecule has 2 aromatic rings. The van der Waals surface area contributed by atoms with Crippen molar-refractivity contribution in [1.29, 1.82) is 0 Å². The van der Waals surface area contributed by atoms with E-state index >= 15 is 0 Å². The third kappa shape index (κ3) is 3.61. The molecule has 2 aromatic carbocycles. The number of methoxy groups -OCH3 is 1. The minimum atomic E-state index is -0.340. The number of carbonyl (C=O) groups excluding carboxylic acids is 1. The smallest absolute Gasteiger partial charge is 0.339 e. The van der Waals surface area contributed by atoms with Crippen LogP contribution in [0.1, 0.15) is 21.5 Å². The third-order valence-corrected chi connectivity index (χ3v) is 3.35. The zero-order valence-electron chi connectivity index (χ0n) is 12.2. The fraction of sp³-hybridized carbons (Fsp3) is 0.235. The van der Waals surface area contributed by atoms with Crippen LogP contribution in [0.5, 0.6) is 0 Å². The number of anilines is 1. The van der Waals surface area contributed by atoms with Gasteiger partial charge in [-0.25, -0.2) is 4.79 Å². The van der Waals surface area contributed by atoms with Gasteiger partial charge in [-0.1, -0.05) is 36.4 Å². The molecule has 0 atom stereocenters. The van der Waals surface area contributed by atoms with Gasteiger partial charge in [0.25, 0.3) is 0 Å². The van der Waals surface area contributed by atoms with Crippen LogP contribution >= 0.6 is 0 Å². The zero-order chi connectivity index (χ0) is 15.2. The van der Waals surface area contributed by atoms with E-state index in [0.717, 1.165) is 16.8 Å². The van der Waals surface area contributed by atoms with E-state index < -0.39 is 0 Å². The summed E-state index contributed by atoms with van der Waals surface area (Å²) in [6.07, 6.45) is 0. The Kier molecular flexibility index (Phi) is 4.95. The largest absolute Gasteiger partial charge is 0.465 e. The van der Waals surface area contributed by atoms with Gasteiger partial charge in [0.1, 0.15) is 0 Å². The number of aliphatic hydroxyl groups excluding tert-OH is 1. The average Bonchev–Trinajstić information content (AvgIpc) is 2.54. The van der Waals surface area contributed by atoms with E-state index in [4.69, 9.17) is 9.84 Å². The highest BCUT2D eigenvalue weighted by Gasteiger charge is 2.14. The highest BCUT2D eigenvalue weighted by Crippen LogP contribution is 2.22. The normalized spacial score (nSPS) is 10.2. The molecular formula is C17H19NO3. The topological polar surface area (TPSA) is 49.8 Å². The van der Waals surface area contributed by atoms with Gasteiger partial charge in [0, 0.05) is 13.6 Å². The number of rotatable bonds is 5. The van der Waals surface area contributed by atoms with Crippen LogP contribution in [0, 0.1) is 0 Å². The molecule has 0 aliphatic rings. The van der Waals surface area contributed by atoms with Gasteiger partial charge in [-0.15, -0.1) is 0 Å². The Morgan fingerprint density at radius 1 is 1.10 bits per heavy atom. The highest BCUT2D eigenvalue weighted by atomic mass is 16.5. The number of aliphatic hydroxyl groups is 1. The summed E-state index contributed by atoms with van der Waals surface area (Å²) in [5, 5.41) is 9.05. The Bertz CT molecular complexity index is 608. The van der Waals surface area contributed by atoms with E-state index in [1.54, 1.807) is 6.07 Å². The number of para-hydroxylation sites is 1. The molecule has 4 heteroatoms. The summed E-state index contributed by atoms with van der Waals surface area (Å²) >= 11 is 0. The second kappa shape index (κ2) is 6.90. The Balaban J connectivity index is 2.19. The first-order valence-corrected chi connectivity index (χ1v) is 6.73. The van der Waals surface area contributed by atoms with Crippen molar-refractivity contribution in [3.8, 4) is 0 Å². The van der Waals surface area contributed by atoms with E-state index in [9.17, 15) is 4.79 Å². The van der Waals surface area contributed by atoms with Crippen molar-refractivity contribution >= 4 is 11.7 Å². The van der Waals surface area contributed by atoms with Gasteiger partial charge in [0.15, 0.2) is 0 Å². The number of esters is 1. The fourth-order valence-electron chi connectivity index (χ4n) is 2.20. The first-order valence-electron chi connectivity index (χ1n) is 6.73. The molecule has 2 rings (SSSR count). The predicted molar refractivity (Wildman–Crippen MR) is 82.3 cm³/mol. The van der Waals surface area contributed by atoms with Crippen molar-refractivity contribution < 1.29 is 14.6 Å². The lowest BCUT2D eigenvalue weighted by atomic mass is 10.1. The lowest BCUT2D eigenvalue weighted by Crippen LogP contribution is -2.19. The van der Waals surface area contributed by atoms with Crippen LogP contribution < -0.4 is 4.90 Å². The molecule has 110 valence electrons. The quantitative estimate of drug-likeness (QED) is 0.858. The van der Waals surface area contributed by atoms with Crippen LogP contribution in [0.4, 0.5) is 5.69 Å². The standard InChI is InChI=1S/C17H19NO3/c1-18(11-13-7-9-14(12-19)10-8-13)16-6-4-3-5-15(16)17(20)21-2/h3-10,19H,11-12H2,1-2H3. The Hall–Kier alpha value is -2.33. The summed E-state index contributed by atoms with van der Waals surface area (Å²) < 4.78 is 4.81. The van der Waals surface area contributed by atoms with Crippen molar-refractivity contribution in [2.45, 2.75) is 13.2 Å². The summed E-state index contributed by atoms with van der Waals surface area (Å²) in [6.45, 7) is 0.709. The van der Waals surface area contributed by atoms with Crippen molar-refractivity contribution in [1.82, 2.24) is 0 Å². The number of ether oxygens (including phenoxy) is 1. The maximum absolute atomic E-state index is 11.8. The molecule has 0 unspecified atom stereocenters. The first-order chi connectivity index (χ1) is 10.2. The van der Waals surface area contributed by atoms with Gasteiger partial charge >= 0.3 is 5.97 Å². The van der Waals surface area contributed by atoms with E-state index in [1.165, 1.54) is 7.11 Å². The van der Waals surface area contributed by atoms with E-state index in [1.807, 2.05) is 54.4 Å². The van der Waals surface area contributed by atoms with Crippen molar-refractivity contribution in [3.63, 3.8) is 0 Å². The summed E-state index contributed by atoms with van der Waals surface area (Å²) in [7, 11) is 3.31. The van der Waals surface area contributed by atoms with Crippen LogP contribution in [-0.2, 0) is 17.9 Å². The molecule has 0 aromatic heterocycles. The number of nitrogens with zero attached hydrogens (tertiary/aromatic N) is 1. The maximum atomic E-state index is 11.8.